The van der Waals surface area contributed by atoms with Gasteiger partial charge < -0.3 is 25.0 Å². The Hall–Kier alpha value is -4.81. The molecule has 1 aliphatic carbocycles. The molecule has 1 saturated carbocycles. The second-order valence-corrected chi connectivity index (χ2v) is 21.2. The van der Waals surface area contributed by atoms with E-state index in [1.165, 1.54) is 36.7 Å². The van der Waals surface area contributed by atoms with Crippen molar-refractivity contribution >= 4 is 61.2 Å². The Morgan fingerprint density at radius 3 is 2.41 bits per heavy atom. The lowest BCUT2D eigenvalue weighted by molar-refractivity contribution is -0.141. The van der Waals surface area contributed by atoms with Gasteiger partial charge in [-0.15, -0.1) is 0 Å². The molecule has 0 bridgehead atoms. The topological polar surface area (TPSA) is 159 Å². The van der Waals surface area contributed by atoms with Crippen molar-refractivity contribution in [1.82, 2.24) is 24.2 Å². The van der Waals surface area contributed by atoms with Crippen molar-refractivity contribution in [3.63, 3.8) is 0 Å². The zero-order valence-corrected chi connectivity index (χ0v) is 39.6. The number of rotatable bonds is 14. The zero-order chi connectivity index (χ0) is 47.1. The monoisotopic (exact) mass is 928 g/mol. The summed E-state index contributed by atoms with van der Waals surface area (Å²) >= 11 is 1.59. The van der Waals surface area contributed by atoms with Crippen molar-refractivity contribution in [2.45, 2.75) is 110 Å². The van der Waals surface area contributed by atoms with Crippen LogP contribution in [0.15, 0.2) is 59.5 Å². The highest BCUT2D eigenvalue weighted by Crippen LogP contribution is 2.47. The van der Waals surface area contributed by atoms with Gasteiger partial charge in [-0.25, -0.2) is 9.71 Å². The summed E-state index contributed by atoms with van der Waals surface area (Å²) in [5, 5.41) is 8.72. The normalized spacial score (nSPS) is 22.1. The van der Waals surface area contributed by atoms with Crippen LogP contribution >= 0.6 is 11.8 Å². The SMILES string of the molecule is CCC1CC1(NC(=O)C1CC(Oc2cc(C3=CCCC(C(C)C)=CS3)nc3c(C)c(OC)ccc23)CN1C(=O)C(Nc1cccc(C(F)(F)F)c1)C(C)(C)C)C(=O)NS(=O)(=O)N(C)C. The maximum atomic E-state index is 15.0. The molecular formula is C46H59F3N6O7S2. The lowest BCUT2D eigenvalue weighted by atomic mass is 9.85. The van der Waals surface area contributed by atoms with Gasteiger partial charge in [-0.2, -0.15) is 25.9 Å². The molecule has 6 rings (SSSR count). The molecule has 18 heteroatoms. The van der Waals surface area contributed by atoms with Gasteiger partial charge in [0.2, 0.25) is 11.8 Å². The first-order chi connectivity index (χ1) is 29.9. The van der Waals surface area contributed by atoms with Crippen LogP contribution in [-0.4, -0.2) is 91.8 Å². The van der Waals surface area contributed by atoms with Crippen LogP contribution in [0.5, 0.6) is 11.5 Å². The van der Waals surface area contributed by atoms with Gasteiger partial charge in [0.1, 0.15) is 35.2 Å². The second-order valence-electron chi connectivity index (χ2n) is 18.4. The fraction of sp³-hybridized carbons (Fsp3) is 0.522. The van der Waals surface area contributed by atoms with E-state index in [1.807, 2.05) is 32.0 Å². The highest BCUT2D eigenvalue weighted by molar-refractivity contribution is 8.10. The molecule has 2 fully saturated rings. The molecule has 5 unspecified atom stereocenters. The quantitative estimate of drug-likeness (QED) is 0.144. The average molecular weight is 929 g/mol. The Kier molecular flexibility index (Phi) is 14.1. The fourth-order valence-corrected chi connectivity index (χ4v) is 9.97. The van der Waals surface area contributed by atoms with E-state index in [1.54, 1.807) is 39.6 Å². The number of likely N-dealkylation sites (tertiary alicyclic amines) is 1. The van der Waals surface area contributed by atoms with E-state index in [9.17, 15) is 36.0 Å². The van der Waals surface area contributed by atoms with Crippen molar-refractivity contribution in [3.8, 4) is 11.5 Å². The molecule has 3 N–H and O–H groups in total. The van der Waals surface area contributed by atoms with Gasteiger partial charge in [-0.05, 0) is 79.2 Å². The molecule has 0 radical (unpaired) electrons. The number of halogens is 3. The molecule has 348 valence electrons. The van der Waals surface area contributed by atoms with Crippen LogP contribution in [0.2, 0.25) is 0 Å². The number of benzene rings is 2. The fourth-order valence-electron chi connectivity index (χ4n) is 8.26. The summed E-state index contributed by atoms with van der Waals surface area (Å²) in [6.45, 7) is 13.2. The smallest absolute Gasteiger partial charge is 0.416 e. The molecule has 3 heterocycles. The number of thioether (sulfide) groups is 1. The molecule has 3 amide bonds. The van der Waals surface area contributed by atoms with Gasteiger partial charge >= 0.3 is 16.4 Å². The first-order valence-electron chi connectivity index (χ1n) is 21.4. The van der Waals surface area contributed by atoms with Crippen LogP contribution in [0.1, 0.15) is 90.5 Å². The second kappa shape index (κ2) is 18.6. The number of alkyl halides is 3. The number of fused-ring (bicyclic) bond motifs is 1. The van der Waals surface area contributed by atoms with Crippen LogP contribution in [0.4, 0.5) is 18.9 Å². The summed E-state index contributed by atoms with van der Waals surface area (Å²) in [6.07, 6.45) is -0.948. The highest BCUT2D eigenvalue weighted by atomic mass is 32.2. The number of aromatic nitrogens is 1. The molecule has 3 aromatic rings. The minimum absolute atomic E-state index is 0.0330. The number of hydrogen-bond acceptors (Lipinski definition) is 10. The molecule has 1 saturated heterocycles. The van der Waals surface area contributed by atoms with E-state index in [4.69, 9.17) is 14.5 Å². The minimum Gasteiger partial charge on any atom is -0.496 e. The van der Waals surface area contributed by atoms with Crippen molar-refractivity contribution in [3.05, 3.63) is 76.3 Å². The number of ether oxygens (including phenoxy) is 2. The molecule has 0 spiro atoms. The minimum atomic E-state index is -4.63. The van der Waals surface area contributed by atoms with Crippen molar-refractivity contribution < 1.29 is 45.4 Å². The Balaban J connectivity index is 1.40. The summed E-state index contributed by atoms with van der Waals surface area (Å²) in [7, 11) is -0.0930. The number of amides is 3. The van der Waals surface area contributed by atoms with Crippen LogP contribution < -0.4 is 24.8 Å². The number of nitrogens with zero attached hydrogens (tertiary/aromatic N) is 3. The van der Waals surface area contributed by atoms with Gasteiger partial charge in [0.25, 0.3) is 5.91 Å². The van der Waals surface area contributed by atoms with E-state index in [2.05, 4.69) is 40.7 Å². The number of carbonyl (C=O) groups is 3. The van der Waals surface area contributed by atoms with Gasteiger partial charge in [-0.1, -0.05) is 77.4 Å². The third kappa shape index (κ3) is 10.3. The third-order valence-corrected chi connectivity index (χ3v) is 14.7. The van der Waals surface area contributed by atoms with Crippen molar-refractivity contribution in [2.24, 2.45) is 17.3 Å². The number of aryl methyl sites for hydroxylation is 1. The maximum absolute atomic E-state index is 15.0. The Morgan fingerprint density at radius 1 is 1.08 bits per heavy atom. The summed E-state index contributed by atoms with van der Waals surface area (Å²) < 4.78 is 82.3. The van der Waals surface area contributed by atoms with Gasteiger partial charge in [0.05, 0.1) is 30.4 Å². The van der Waals surface area contributed by atoms with E-state index in [-0.39, 0.29) is 31.0 Å². The highest BCUT2D eigenvalue weighted by Gasteiger charge is 2.62. The molecule has 2 aliphatic heterocycles. The summed E-state index contributed by atoms with van der Waals surface area (Å²) in [5.41, 5.74) is 0.129. The third-order valence-electron chi connectivity index (χ3n) is 12.3. The lowest BCUT2D eigenvalue weighted by Crippen LogP contribution is -2.59. The Labute approximate surface area is 378 Å². The van der Waals surface area contributed by atoms with Crippen molar-refractivity contribution in [1.29, 1.82) is 0 Å². The lowest BCUT2D eigenvalue weighted by Gasteiger charge is -2.36. The molecule has 64 heavy (non-hydrogen) atoms. The predicted molar refractivity (Wildman–Crippen MR) is 244 cm³/mol. The number of hydrogen-bond donors (Lipinski definition) is 3. The van der Waals surface area contributed by atoms with Gasteiger partial charge in [-0.3, -0.25) is 14.4 Å². The Morgan fingerprint density at radius 2 is 1.80 bits per heavy atom. The summed E-state index contributed by atoms with van der Waals surface area (Å²) in [4.78, 5) is 50.8. The van der Waals surface area contributed by atoms with E-state index < -0.39 is 68.8 Å². The molecular weight excluding hydrogens is 870 g/mol. The number of allylic oxidation sites excluding steroid dienone is 2. The number of nitrogens with one attached hydrogen (secondary N) is 3. The van der Waals surface area contributed by atoms with Crippen LogP contribution in [0.25, 0.3) is 15.8 Å². The van der Waals surface area contributed by atoms with Gasteiger partial charge in [0.15, 0.2) is 0 Å². The van der Waals surface area contributed by atoms with Crippen molar-refractivity contribution in [2.75, 3.05) is 33.1 Å². The van der Waals surface area contributed by atoms with E-state index in [0.29, 0.717) is 40.4 Å². The predicted octanol–water partition coefficient (Wildman–Crippen LogP) is 8.06. The van der Waals surface area contributed by atoms with Gasteiger partial charge in [0, 0.05) is 48.1 Å². The first kappa shape index (κ1) is 48.6. The van der Waals surface area contributed by atoms with E-state index in [0.717, 1.165) is 39.7 Å². The zero-order valence-electron chi connectivity index (χ0n) is 38.0. The molecule has 3 aliphatic rings. The first-order valence-corrected chi connectivity index (χ1v) is 23.7. The number of carbonyl (C=O) groups excluding carboxylic acids is 3. The average Bonchev–Trinajstić information content (AvgIpc) is 3.87. The molecule has 5 atom stereocenters. The van der Waals surface area contributed by atoms with Crippen LogP contribution in [0.3, 0.4) is 0 Å². The van der Waals surface area contributed by atoms with Crippen LogP contribution in [0, 0.1) is 24.2 Å². The summed E-state index contributed by atoms with van der Waals surface area (Å²) in [6, 6.07) is 7.71. The Bertz CT molecular complexity index is 2470. The molecule has 1 aromatic heterocycles. The standard InChI is InChI=1S/C46H59F3N6O7S2/c1-11-29-23-45(29,43(58)53-64(59,60)54(8)9)52-41(56)35-21-32(24-55(35)42(57)40(44(5,6)7)50-31-16-13-15-30(20-31)46(47,48)49)62-37-22-34(38-17-12-14-28(25-63-38)26(2)3)51-39-27(4)36(61-10)19-18-33(37)39/h13,15-20,22,25-26,29,32,35,40,50H,11-12,14,21,23-24H2,1-10H3,(H,52,56)(H,53,58). The summed E-state index contributed by atoms with van der Waals surface area (Å²) in [5.74, 6) is -1.10. The molecule has 2 aromatic carbocycles. The van der Waals surface area contributed by atoms with E-state index >= 15 is 0 Å². The maximum Gasteiger partial charge on any atom is 0.416 e. The number of anilines is 1. The van der Waals surface area contributed by atoms with Crippen LogP contribution in [-0.2, 0) is 30.8 Å². The molecule has 13 nitrogen and oxygen atoms in total. The number of methoxy groups -OCH3 is 1. The number of pyridine rings is 1. The largest absolute Gasteiger partial charge is 0.496 e.